The minimum absolute atomic E-state index is 0.345. The lowest BCUT2D eigenvalue weighted by Gasteiger charge is -2.14. The number of nitrogens with one attached hydrogen (secondary N) is 1. The minimum atomic E-state index is 0.345. The molecule has 0 amide bonds. The Labute approximate surface area is 106 Å². The van der Waals surface area contributed by atoms with E-state index in [1.54, 1.807) is 0 Å². The van der Waals surface area contributed by atoms with Gasteiger partial charge < -0.3 is 4.90 Å². The molecule has 0 radical (unpaired) electrons. The summed E-state index contributed by atoms with van der Waals surface area (Å²) in [5, 5.41) is 12.7. The highest BCUT2D eigenvalue weighted by Gasteiger charge is 2.26. The third kappa shape index (κ3) is 1.61. The van der Waals surface area contributed by atoms with Gasteiger partial charge in [0.15, 0.2) is 5.82 Å². The highest BCUT2D eigenvalue weighted by atomic mass is 15.4. The Morgan fingerprint density at radius 3 is 2.67 bits per heavy atom. The molecule has 0 saturated heterocycles. The van der Waals surface area contributed by atoms with Crippen molar-refractivity contribution in [1.82, 2.24) is 9.78 Å². The van der Waals surface area contributed by atoms with Crippen LogP contribution in [0.3, 0.4) is 0 Å². The lowest BCUT2D eigenvalue weighted by molar-refractivity contribution is 0.532. The van der Waals surface area contributed by atoms with E-state index in [1.807, 2.05) is 40.0 Å². The van der Waals surface area contributed by atoms with Crippen LogP contribution in [0.15, 0.2) is 36.5 Å². The van der Waals surface area contributed by atoms with Gasteiger partial charge in [-0.15, -0.1) is 0 Å². The first kappa shape index (κ1) is 11.0. The molecule has 0 bridgehead atoms. The van der Waals surface area contributed by atoms with E-state index in [2.05, 4.69) is 25.0 Å². The number of nitrogens with zero attached hydrogens (tertiary/aromatic N) is 3. The third-order valence-corrected chi connectivity index (χ3v) is 3.27. The molecule has 0 unspecified atom stereocenters. The molecule has 0 saturated carbocycles. The molecule has 92 valence electrons. The van der Waals surface area contributed by atoms with Gasteiger partial charge in [-0.3, -0.25) is 10.1 Å². The van der Waals surface area contributed by atoms with Crippen molar-refractivity contribution in [3.63, 3.8) is 0 Å². The van der Waals surface area contributed by atoms with E-state index in [0.29, 0.717) is 11.9 Å². The number of hydrogen-bond donors (Lipinski definition) is 1. The van der Waals surface area contributed by atoms with Crippen LogP contribution in [0.5, 0.6) is 0 Å². The fourth-order valence-corrected chi connectivity index (χ4v) is 2.24. The highest BCUT2D eigenvalue weighted by Crippen LogP contribution is 2.27. The van der Waals surface area contributed by atoms with E-state index >= 15 is 0 Å². The molecule has 1 aromatic carbocycles. The van der Waals surface area contributed by atoms with Gasteiger partial charge in [-0.05, 0) is 19.4 Å². The molecule has 1 aromatic heterocycles. The lowest BCUT2D eigenvalue weighted by atomic mass is 10.1. The Morgan fingerprint density at radius 1 is 1.22 bits per heavy atom. The molecule has 1 aliphatic heterocycles. The molecule has 0 fully saturated rings. The predicted octanol–water partition coefficient (Wildman–Crippen LogP) is 2.81. The summed E-state index contributed by atoms with van der Waals surface area (Å²) in [4.78, 5) is 1.95. The summed E-state index contributed by atoms with van der Waals surface area (Å²) < 4.78 is 1.92. The van der Waals surface area contributed by atoms with E-state index in [1.165, 1.54) is 5.56 Å². The predicted molar refractivity (Wildman–Crippen MR) is 72.1 cm³/mol. The molecule has 0 aliphatic carbocycles. The zero-order chi connectivity index (χ0) is 12.7. The second kappa shape index (κ2) is 3.98. The van der Waals surface area contributed by atoms with Crippen LogP contribution in [0.4, 0.5) is 5.82 Å². The Hall–Kier alpha value is -2.10. The molecule has 4 nitrogen and oxygen atoms in total. The van der Waals surface area contributed by atoms with Crippen LogP contribution in [0.2, 0.25) is 0 Å². The number of rotatable bonds is 2. The summed E-state index contributed by atoms with van der Waals surface area (Å²) in [6.45, 7) is 4.94. The number of fused-ring (bicyclic) bond motifs is 1. The quantitative estimate of drug-likeness (QED) is 0.877. The van der Waals surface area contributed by atoms with E-state index in [4.69, 9.17) is 5.41 Å². The Balaban J connectivity index is 1.94. The van der Waals surface area contributed by atoms with E-state index in [0.717, 1.165) is 17.9 Å². The summed E-state index contributed by atoms with van der Waals surface area (Å²) in [7, 11) is 0. The van der Waals surface area contributed by atoms with Crippen LogP contribution in [0, 0.1) is 5.41 Å². The maximum Gasteiger partial charge on any atom is 0.156 e. The summed E-state index contributed by atoms with van der Waals surface area (Å²) in [5.74, 6) is 1.39. The van der Waals surface area contributed by atoms with Gasteiger partial charge in [0.05, 0.1) is 6.54 Å². The molecule has 3 rings (SSSR count). The fraction of sp³-hybridized carbons (Fsp3) is 0.286. The van der Waals surface area contributed by atoms with Crippen LogP contribution in [-0.4, -0.2) is 15.6 Å². The van der Waals surface area contributed by atoms with Crippen molar-refractivity contribution in [3.05, 3.63) is 47.7 Å². The molecule has 4 heteroatoms. The molecule has 1 aliphatic rings. The van der Waals surface area contributed by atoms with Crippen LogP contribution < -0.4 is 4.90 Å². The molecule has 2 aromatic rings. The number of benzene rings is 1. The summed E-state index contributed by atoms with van der Waals surface area (Å²) >= 11 is 0. The maximum absolute atomic E-state index is 8.22. The minimum Gasteiger partial charge on any atom is -0.305 e. The van der Waals surface area contributed by atoms with Crippen molar-refractivity contribution < 1.29 is 0 Å². The standard InChI is InChI=1S/C14H16N4/c1-10(2)18-8-7-13(16-18)17-9-11-5-3-4-6-12(11)14(17)15/h3-8,10,15H,9H2,1-2H3. The number of amidine groups is 1. The van der Waals surface area contributed by atoms with Crippen molar-refractivity contribution in [1.29, 1.82) is 5.41 Å². The van der Waals surface area contributed by atoms with Gasteiger partial charge >= 0.3 is 0 Å². The molecule has 18 heavy (non-hydrogen) atoms. The molecular formula is C14H16N4. The van der Waals surface area contributed by atoms with Gasteiger partial charge in [-0.2, -0.15) is 5.10 Å². The Bertz CT molecular complexity index is 597. The molecule has 2 heterocycles. The van der Waals surface area contributed by atoms with Crippen molar-refractivity contribution in [2.45, 2.75) is 26.4 Å². The van der Waals surface area contributed by atoms with Crippen LogP contribution in [0.25, 0.3) is 0 Å². The second-order valence-electron chi connectivity index (χ2n) is 4.84. The second-order valence-corrected chi connectivity index (χ2v) is 4.84. The van der Waals surface area contributed by atoms with Gasteiger partial charge in [-0.1, -0.05) is 24.3 Å². The SMILES string of the molecule is CC(C)n1ccc(N2Cc3ccccc3C2=N)n1. The molecule has 1 N–H and O–H groups in total. The largest absolute Gasteiger partial charge is 0.305 e. The van der Waals surface area contributed by atoms with Crippen molar-refractivity contribution in [2.75, 3.05) is 4.90 Å². The molecule has 0 atom stereocenters. The fourth-order valence-electron chi connectivity index (χ4n) is 2.24. The first-order chi connectivity index (χ1) is 8.66. The number of hydrogen-bond acceptors (Lipinski definition) is 2. The maximum atomic E-state index is 8.22. The smallest absolute Gasteiger partial charge is 0.156 e. The van der Waals surface area contributed by atoms with E-state index in [9.17, 15) is 0 Å². The van der Waals surface area contributed by atoms with Gasteiger partial charge in [-0.25, -0.2) is 0 Å². The topological polar surface area (TPSA) is 44.9 Å². The third-order valence-electron chi connectivity index (χ3n) is 3.27. The lowest BCUT2D eigenvalue weighted by Crippen LogP contribution is -2.23. The number of aromatic nitrogens is 2. The Kier molecular flexibility index (Phi) is 2.44. The van der Waals surface area contributed by atoms with Crippen molar-refractivity contribution >= 4 is 11.7 Å². The van der Waals surface area contributed by atoms with E-state index in [-0.39, 0.29) is 0 Å². The molecule has 0 spiro atoms. The highest BCUT2D eigenvalue weighted by molar-refractivity contribution is 6.11. The monoisotopic (exact) mass is 240 g/mol. The average Bonchev–Trinajstić information content (AvgIpc) is 2.95. The number of anilines is 1. The van der Waals surface area contributed by atoms with Gasteiger partial charge in [0.1, 0.15) is 5.84 Å². The first-order valence-corrected chi connectivity index (χ1v) is 6.16. The average molecular weight is 240 g/mol. The van der Waals surface area contributed by atoms with E-state index < -0.39 is 0 Å². The summed E-state index contributed by atoms with van der Waals surface area (Å²) in [6.07, 6.45) is 1.97. The van der Waals surface area contributed by atoms with Crippen molar-refractivity contribution in [3.8, 4) is 0 Å². The molecular weight excluding hydrogens is 224 g/mol. The summed E-state index contributed by atoms with van der Waals surface area (Å²) in [5.41, 5.74) is 2.21. The normalized spacial score (nSPS) is 14.4. The zero-order valence-electron chi connectivity index (χ0n) is 10.6. The van der Waals surface area contributed by atoms with Gasteiger partial charge in [0, 0.05) is 23.9 Å². The van der Waals surface area contributed by atoms with Gasteiger partial charge in [0.2, 0.25) is 0 Å². The first-order valence-electron chi connectivity index (χ1n) is 6.16. The Morgan fingerprint density at radius 2 is 2.00 bits per heavy atom. The van der Waals surface area contributed by atoms with Crippen molar-refractivity contribution in [2.24, 2.45) is 0 Å². The van der Waals surface area contributed by atoms with Crippen LogP contribution >= 0.6 is 0 Å². The summed E-state index contributed by atoms with van der Waals surface area (Å²) in [6, 6.07) is 10.4. The van der Waals surface area contributed by atoms with Crippen LogP contribution in [-0.2, 0) is 6.54 Å². The van der Waals surface area contributed by atoms with Gasteiger partial charge in [0.25, 0.3) is 0 Å². The zero-order valence-corrected chi connectivity index (χ0v) is 10.6. The van der Waals surface area contributed by atoms with Crippen LogP contribution in [0.1, 0.15) is 31.0 Å².